The van der Waals surface area contributed by atoms with Crippen LogP contribution in [0.4, 0.5) is 5.82 Å². The van der Waals surface area contributed by atoms with Crippen molar-refractivity contribution >= 4 is 40.7 Å². The Morgan fingerprint density at radius 3 is 3.15 bits per heavy atom. The SMILES string of the molecule is O=C(C=Cc1cc(Cl)c2c(c1)OCO2)Nc1ccnn1Cc1cccs1. The molecule has 1 amide bonds. The fourth-order valence-electron chi connectivity index (χ4n) is 2.54. The van der Waals surface area contributed by atoms with Gasteiger partial charge in [-0.1, -0.05) is 17.7 Å². The second-order valence-electron chi connectivity index (χ2n) is 5.51. The van der Waals surface area contributed by atoms with Crippen LogP contribution in [0.3, 0.4) is 0 Å². The van der Waals surface area contributed by atoms with Gasteiger partial charge in [0, 0.05) is 17.0 Å². The zero-order chi connectivity index (χ0) is 17.9. The average Bonchev–Trinajstić information content (AvgIpc) is 3.36. The summed E-state index contributed by atoms with van der Waals surface area (Å²) in [5.41, 5.74) is 0.751. The molecule has 0 aliphatic carbocycles. The standard InChI is InChI=1S/C18H14ClN3O3S/c19-14-8-12(9-15-18(14)25-11-24-15)3-4-17(23)21-16-5-6-20-22(16)10-13-2-1-7-26-13/h1-9H,10-11H2,(H,21,23). The summed E-state index contributed by atoms with van der Waals surface area (Å²) in [4.78, 5) is 13.4. The minimum absolute atomic E-state index is 0.150. The highest BCUT2D eigenvalue weighted by Gasteiger charge is 2.17. The third-order valence-corrected chi connectivity index (χ3v) is 4.87. The number of rotatable bonds is 5. The third-order valence-electron chi connectivity index (χ3n) is 3.73. The predicted octanol–water partition coefficient (Wildman–Crippen LogP) is 4.03. The molecule has 0 spiro atoms. The summed E-state index contributed by atoms with van der Waals surface area (Å²) in [6.07, 6.45) is 4.77. The lowest BCUT2D eigenvalue weighted by molar-refractivity contribution is -0.111. The molecule has 3 heterocycles. The van der Waals surface area contributed by atoms with E-state index in [0.717, 1.165) is 10.4 Å². The van der Waals surface area contributed by atoms with Crippen molar-refractivity contribution in [2.75, 3.05) is 12.1 Å². The van der Waals surface area contributed by atoms with Gasteiger partial charge in [0.15, 0.2) is 11.5 Å². The van der Waals surface area contributed by atoms with Crippen LogP contribution in [-0.2, 0) is 11.3 Å². The second-order valence-corrected chi connectivity index (χ2v) is 6.95. The van der Waals surface area contributed by atoms with Gasteiger partial charge in [-0.15, -0.1) is 11.3 Å². The maximum atomic E-state index is 12.2. The van der Waals surface area contributed by atoms with Gasteiger partial charge in [-0.2, -0.15) is 5.10 Å². The fraction of sp³-hybridized carbons (Fsp3) is 0.111. The Balaban J connectivity index is 1.44. The third kappa shape index (κ3) is 3.58. The number of anilines is 1. The van der Waals surface area contributed by atoms with Gasteiger partial charge in [-0.3, -0.25) is 4.79 Å². The van der Waals surface area contributed by atoms with Crippen molar-refractivity contribution in [3.63, 3.8) is 0 Å². The topological polar surface area (TPSA) is 65.4 Å². The van der Waals surface area contributed by atoms with Gasteiger partial charge in [-0.25, -0.2) is 4.68 Å². The highest BCUT2D eigenvalue weighted by molar-refractivity contribution is 7.09. The number of nitrogens with one attached hydrogen (secondary N) is 1. The summed E-state index contributed by atoms with van der Waals surface area (Å²) >= 11 is 7.79. The van der Waals surface area contributed by atoms with E-state index >= 15 is 0 Å². The molecule has 0 unspecified atom stereocenters. The number of thiophene rings is 1. The molecule has 0 saturated heterocycles. The van der Waals surface area contributed by atoms with Gasteiger partial charge in [0.1, 0.15) is 5.82 Å². The molecule has 4 rings (SSSR count). The van der Waals surface area contributed by atoms with Gasteiger partial charge in [0.25, 0.3) is 0 Å². The number of fused-ring (bicyclic) bond motifs is 1. The molecule has 8 heteroatoms. The van der Waals surface area contributed by atoms with Crippen LogP contribution in [0.5, 0.6) is 11.5 Å². The van der Waals surface area contributed by atoms with Gasteiger partial charge in [0.2, 0.25) is 12.7 Å². The van der Waals surface area contributed by atoms with E-state index in [4.69, 9.17) is 21.1 Å². The van der Waals surface area contributed by atoms with E-state index in [0.29, 0.717) is 28.9 Å². The zero-order valence-electron chi connectivity index (χ0n) is 13.5. The van der Waals surface area contributed by atoms with Gasteiger partial charge >= 0.3 is 0 Å². The van der Waals surface area contributed by atoms with E-state index in [2.05, 4.69) is 10.4 Å². The first-order valence-corrected chi connectivity index (χ1v) is 9.07. The Kier molecular flexibility index (Phi) is 4.64. The molecule has 0 radical (unpaired) electrons. The molecule has 1 aliphatic heterocycles. The molecule has 3 aromatic rings. The van der Waals surface area contributed by atoms with Crippen LogP contribution in [0.2, 0.25) is 5.02 Å². The number of hydrogen-bond donors (Lipinski definition) is 1. The van der Waals surface area contributed by atoms with Crippen molar-refractivity contribution < 1.29 is 14.3 Å². The van der Waals surface area contributed by atoms with Crippen molar-refractivity contribution in [3.8, 4) is 11.5 Å². The van der Waals surface area contributed by atoms with E-state index in [-0.39, 0.29) is 12.7 Å². The maximum Gasteiger partial charge on any atom is 0.249 e. The first-order chi connectivity index (χ1) is 12.7. The van der Waals surface area contributed by atoms with E-state index in [1.165, 1.54) is 6.08 Å². The lowest BCUT2D eigenvalue weighted by Crippen LogP contribution is -2.13. The zero-order valence-corrected chi connectivity index (χ0v) is 15.1. The summed E-state index contributed by atoms with van der Waals surface area (Å²) in [5.74, 6) is 1.49. The first kappa shape index (κ1) is 16.7. The Bertz CT molecular complexity index is 966. The molecule has 26 heavy (non-hydrogen) atoms. The highest BCUT2D eigenvalue weighted by atomic mass is 35.5. The number of carbonyl (C=O) groups excluding carboxylic acids is 1. The Labute approximate surface area is 158 Å². The minimum Gasteiger partial charge on any atom is -0.454 e. The average molecular weight is 388 g/mol. The number of nitrogens with zero attached hydrogens (tertiary/aromatic N) is 2. The quantitative estimate of drug-likeness (QED) is 0.671. The summed E-state index contributed by atoms with van der Waals surface area (Å²) in [7, 11) is 0. The molecule has 0 atom stereocenters. The summed E-state index contributed by atoms with van der Waals surface area (Å²) in [6.45, 7) is 0.763. The van der Waals surface area contributed by atoms with Crippen molar-refractivity contribution in [1.29, 1.82) is 0 Å². The molecule has 2 aromatic heterocycles. The first-order valence-electron chi connectivity index (χ1n) is 7.81. The minimum atomic E-state index is -0.258. The summed E-state index contributed by atoms with van der Waals surface area (Å²) in [6, 6.07) is 9.28. The van der Waals surface area contributed by atoms with Crippen LogP contribution in [0.25, 0.3) is 6.08 Å². The van der Waals surface area contributed by atoms with Crippen LogP contribution in [0, 0.1) is 0 Å². The van der Waals surface area contributed by atoms with Crippen molar-refractivity contribution in [1.82, 2.24) is 9.78 Å². The normalized spacial score (nSPS) is 12.7. The summed E-state index contributed by atoms with van der Waals surface area (Å²) in [5, 5.41) is 9.54. The number of carbonyl (C=O) groups is 1. The largest absolute Gasteiger partial charge is 0.454 e. The molecular weight excluding hydrogens is 374 g/mol. The van der Waals surface area contributed by atoms with Crippen LogP contribution in [-0.4, -0.2) is 22.5 Å². The molecule has 6 nitrogen and oxygen atoms in total. The van der Waals surface area contributed by atoms with Crippen LogP contribution in [0.15, 0.2) is 48.0 Å². The van der Waals surface area contributed by atoms with E-state index in [1.54, 1.807) is 46.5 Å². The Hall–Kier alpha value is -2.77. The Morgan fingerprint density at radius 1 is 1.38 bits per heavy atom. The smallest absolute Gasteiger partial charge is 0.249 e. The fourth-order valence-corrected chi connectivity index (χ4v) is 3.50. The molecule has 1 aromatic carbocycles. The molecule has 0 saturated carbocycles. The maximum absolute atomic E-state index is 12.2. The van der Waals surface area contributed by atoms with Crippen LogP contribution >= 0.6 is 22.9 Å². The highest BCUT2D eigenvalue weighted by Crippen LogP contribution is 2.40. The van der Waals surface area contributed by atoms with Gasteiger partial charge < -0.3 is 14.8 Å². The van der Waals surface area contributed by atoms with Gasteiger partial charge in [0.05, 0.1) is 17.8 Å². The second kappa shape index (κ2) is 7.23. The van der Waals surface area contributed by atoms with Crippen LogP contribution in [0.1, 0.15) is 10.4 Å². The number of aromatic nitrogens is 2. The molecule has 0 bridgehead atoms. The van der Waals surface area contributed by atoms with Gasteiger partial charge in [-0.05, 0) is 35.2 Å². The lowest BCUT2D eigenvalue weighted by Gasteiger charge is -2.06. The molecule has 132 valence electrons. The van der Waals surface area contributed by atoms with Crippen molar-refractivity contribution in [3.05, 3.63) is 63.4 Å². The Morgan fingerprint density at radius 2 is 2.31 bits per heavy atom. The van der Waals surface area contributed by atoms with Crippen molar-refractivity contribution in [2.24, 2.45) is 0 Å². The van der Waals surface area contributed by atoms with E-state index in [9.17, 15) is 4.79 Å². The molecule has 1 aliphatic rings. The van der Waals surface area contributed by atoms with Crippen LogP contribution < -0.4 is 14.8 Å². The molecule has 0 fully saturated rings. The monoisotopic (exact) mass is 387 g/mol. The predicted molar refractivity (Wildman–Crippen MR) is 101 cm³/mol. The number of halogens is 1. The molecular formula is C18H14ClN3O3S. The number of amides is 1. The molecule has 1 N–H and O–H groups in total. The van der Waals surface area contributed by atoms with E-state index in [1.807, 2.05) is 17.5 Å². The number of benzene rings is 1. The van der Waals surface area contributed by atoms with Crippen molar-refractivity contribution in [2.45, 2.75) is 6.54 Å². The lowest BCUT2D eigenvalue weighted by atomic mass is 10.2. The summed E-state index contributed by atoms with van der Waals surface area (Å²) < 4.78 is 12.3. The number of ether oxygens (including phenoxy) is 2. The van der Waals surface area contributed by atoms with E-state index < -0.39 is 0 Å². The number of hydrogen-bond acceptors (Lipinski definition) is 5.